The third kappa shape index (κ3) is 3.55. The molecule has 1 fully saturated rings. The number of carbonyl (C=O) groups is 1. The third-order valence-electron chi connectivity index (χ3n) is 4.14. The summed E-state index contributed by atoms with van der Waals surface area (Å²) in [6.07, 6.45) is 1.58. The standard InChI is InChI=1S/C17H25ClN2O2/c1-15(2,3)22-14(21)20-13-10-11(6-7-12(13)18)17(8-9-17)16(4,5)19/h6-7,10H,8-9,19H2,1-5H3,(H,20,21). The smallest absolute Gasteiger partial charge is 0.412 e. The number of amides is 1. The minimum atomic E-state index is -0.550. The lowest BCUT2D eigenvalue weighted by Gasteiger charge is -2.31. The molecule has 122 valence electrons. The molecular weight excluding hydrogens is 300 g/mol. The van der Waals surface area contributed by atoms with Crippen LogP contribution in [0.15, 0.2) is 18.2 Å². The number of nitrogens with two attached hydrogens (primary N) is 1. The van der Waals surface area contributed by atoms with E-state index >= 15 is 0 Å². The van der Waals surface area contributed by atoms with Crippen LogP contribution in [0.4, 0.5) is 10.5 Å². The Labute approximate surface area is 137 Å². The van der Waals surface area contributed by atoms with Crippen LogP contribution in [-0.4, -0.2) is 17.2 Å². The molecule has 2 rings (SSSR count). The minimum absolute atomic E-state index is 0.0397. The van der Waals surface area contributed by atoms with E-state index in [9.17, 15) is 4.79 Å². The van der Waals surface area contributed by atoms with E-state index in [0.717, 1.165) is 18.4 Å². The summed E-state index contributed by atoms with van der Waals surface area (Å²) < 4.78 is 5.27. The Bertz CT molecular complexity index is 581. The number of rotatable bonds is 3. The van der Waals surface area contributed by atoms with Crippen LogP contribution in [0, 0.1) is 0 Å². The predicted octanol–water partition coefficient (Wildman–Crippen LogP) is 4.46. The normalized spacial score (nSPS) is 17.0. The highest BCUT2D eigenvalue weighted by atomic mass is 35.5. The van der Waals surface area contributed by atoms with Crippen molar-refractivity contribution in [2.24, 2.45) is 5.73 Å². The average Bonchev–Trinajstić information content (AvgIpc) is 3.09. The van der Waals surface area contributed by atoms with E-state index in [4.69, 9.17) is 22.1 Å². The molecule has 5 heteroatoms. The first-order chi connectivity index (χ1) is 9.95. The Morgan fingerprint density at radius 1 is 1.27 bits per heavy atom. The highest BCUT2D eigenvalue weighted by Crippen LogP contribution is 2.55. The molecule has 1 aromatic rings. The fourth-order valence-electron chi connectivity index (χ4n) is 2.76. The van der Waals surface area contributed by atoms with Crippen molar-refractivity contribution >= 4 is 23.4 Å². The number of halogens is 1. The van der Waals surface area contributed by atoms with Crippen LogP contribution in [-0.2, 0) is 10.2 Å². The molecule has 1 aromatic carbocycles. The van der Waals surface area contributed by atoms with Gasteiger partial charge in [0, 0.05) is 11.0 Å². The second kappa shape index (κ2) is 5.43. The minimum Gasteiger partial charge on any atom is -0.444 e. The summed E-state index contributed by atoms with van der Waals surface area (Å²) >= 11 is 6.19. The highest BCUT2D eigenvalue weighted by molar-refractivity contribution is 6.33. The number of anilines is 1. The maximum absolute atomic E-state index is 11.9. The Kier molecular flexibility index (Phi) is 4.22. The van der Waals surface area contributed by atoms with Crippen molar-refractivity contribution < 1.29 is 9.53 Å². The average molecular weight is 325 g/mol. The molecule has 0 heterocycles. The Morgan fingerprint density at radius 2 is 1.86 bits per heavy atom. The number of hydrogen-bond donors (Lipinski definition) is 2. The van der Waals surface area contributed by atoms with E-state index in [1.165, 1.54) is 0 Å². The molecule has 0 atom stereocenters. The zero-order chi connectivity index (χ0) is 16.8. The number of nitrogens with one attached hydrogen (secondary N) is 1. The van der Waals surface area contributed by atoms with E-state index in [2.05, 4.69) is 5.32 Å². The van der Waals surface area contributed by atoms with Gasteiger partial charge >= 0.3 is 6.09 Å². The van der Waals surface area contributed by atoms with Gasteiger partial charge in [-0.05, 0) is 65.2 Å². The molecule has 0 radical (unpaired) electrons. The van der Waals surface area contributed by atoms with Crippen LogP contribution in [0.3, 0.4) is 0 Å². The summed E-state index contributed by atoms with van der Waals surface area (Å²) in [7, 11) is 0. The summed E-state index contributed by atoms with van der Waals surface area (Å²) in [6.45, 7) is 9.54. The van der Waals surface area contributed by atoms with Crippen molar-refractivity contribution in [2.75, 3.05) is 5.32 Å². The fraction of sp³-hybridized carbons (Fsp3) is 0.588. The molecule has 0 unspecified atom stereocenters. The van der Waals surface area contributed by atoms with E-state index in [0.29, 0.717) is 10.7 Å². The van der Waals surface area contributed by atoms with Gasteiger partial charge in [0.25, 0.3) is 0 Å². The molecule has 0 saturated heterocycles. The first-order valence-corrected chi connectivity index (χ1v) is 7.91. The van der Waals surface area contributed by atoms with Crippen LogP contribution in [0.2, 0.25) is 5.02 Å². The molecule has 0 spiro atoms. The van der Waals surface area contributed by atoms with Gasteiger partial charge in [0.05, 0.1) is 10.7 Å². The summed E-state index contributed by atoms with van der Waals surface area (Å²) in [5.41, 5.74) is 7.10. The van der Waals surface area contributed by atoms with E-state index < -0.39 is 11.7 Å². The second-order valence-corrected chi connectivity index (χ2v) is 8.03. The van der Waals surface area contributed by atoms with Gasteiger partial charge in [-0.3, -0.25) is 5.32 Å². The van der Waals surface area contributed by atoms with Crippen molar-refractivity contribution in [1.82, 2.24) is 0 Å². The monoisotopic (exact) mass is 324 g/mol. The van der Waals surface area contributed by atoms with Crippen molar-refractivity contribution in [1.29, 1.82) is 0 Å². The zero-order valence-electron chi connectivity index (χ0n) is 13.9. The highest BCUT2D eigenvalue weighted by Gasteiger charge is 2.53. The first-order valence-electron chi connectivity index (χ1n) is 7.54. The van der Waals surface area contributed by atoms with Crippen LogP contribution < -0.4 is 11.1 Å². The number of benzene rings is 1. The quantitative estimate of drug-likeness (QED) is 0.863. The molecule has 1 aliphatic rings. The molecule has 22 heavy (non-hydrogen) atoms. The third-order valence-corrected chi connectivity index (χ3v) is 4.47. The molecule has 1 amide bonds. The van der Waals surface area contributed by atoms with Crippen LogP contribution >= 0.6 is 11.6 Å². The summed E-state index contributed by atoms with van der Waals surface area (Å²) in [4.78, 5) is 11.9. The molecule has 0 bridgehead atoms. The fourth-order valence-corrected chi connectivity index (χ4v) is 2.93. The van der Waals surface area contributed by atoms with Gasteiger partial charge in [-0.1, -0.05) is 17.7 Å². The lowest BCUT2D eigenvalue weighted by Crippen LogP contribution is -2.45. The van der Waals surface area contributed by atoms with E-state index in [-0.39, 0.29) is 11.0 Å². The number of carbonyl (C=O) groups excluding carboxylic acids is 1. The van der Waals surface area contributed by atoms with Crippen LogP contribution in [0.1, 0.15) is 53.0 Å². The molecule has 1 aliphatic carbocycles. The van der Waals surface area contributed by atoms with Crippen molar-refractivity contribution in [3.05, 3.63) is 28.8 Å². The summed E-state index contributed by atoms with van der Waals surface area (Å²) in [5, 5.41) is 3.21. The topological polar surface area (TPSA) is 64.3 Å². The Morgan fingerprint density at radius 3 is 2.32 bits per heavy atom. The van der Waals surface area contributed by atoms with Crippen molar-refractivity contribution in [3.63, 3.8) is 0 Å². The van der Waals surface area contributed by atoms with Gasteiger partial charge in [-0.15, -0.1) is 0 Å². The van der Waals surface area contributed by atoms with Gasteiger partial charge in [-0.25, -0.2) is 4.79 Å². The maximum Gasteiger partial charge on any atom is 0.412 e. The molecule has 0 aromatic heterocycles. The summed E-state index contributed by atoms with van der Waals surface area (Å²) in [6, 6.07) is 5.70. The Balaban J connectivity index is 2.24. The zero-order valence-corrected chi connectivity index (χ0v) is 14.7. The van der Waals surface area contributed by atoms with Crippen LogP contribution in [0.5, 0.6) is 0 Å². The Hall–Kier alpha value is -1.26. The van der Waals surface area contributed by atoms with Crippen molar-refractivity contribution in [3.8, 4) is 0 Å². The van der Waals surface area contributed by atoms with Gasteiger partial charge in [0.15, 0.2) is 0 Å². The number of ether oxygens (including phenoxy) is 1. The lowest BCUT2D eigenvalue weighted by atomic mass is 9.79. The molecule has 3 N–H and O–H groups in total. The number of hydrogen-bond acceptors (Lipinski definition) is 3. The van der Waals surface area contributed by atoms with Crippen LogP contribution in [0.25, 0.3) is 0 Å². The first kappa shape index (κ1) is 17.1. The molecule has 4 nitrogen and oxygen atoms in total. The largest absolute Gasteiger partial charge is 0.444 e. The van der Waals surface area contributed by atoms with Gasteiger partial charge in [0.2, 0.25) is 0 Å². The SMILES string of the molecule is CC(C)(C)OC(=O)Nc1cc(C2(C(C)(C)N)CC2)ccc1Cl. The van der Waals surface area contributed by atoms with E-state index in [1.807, 2.05) is 46.8 Å². The second-order valence-electron chi connectivity index (χ2n) is 7.63. The molecular formula is C17H25ClN2O2. The summed E-state index contributed by atoms with van der Waals surface area (Å²) in [5.74, 6) is 0. The van der Waals surface area contributed by atoms with Gasteiger partial charge in [0.1, 0.15) is 5.60 Å². The van der Waals surface area contributed by atoms with E-state index in [1.54, 1.807) is 6.07 Å². The van der Waals surface area contributed by atoms with Gasteiger partial charge < -0.3 is 10.5 Å². The molecule has 0 aliphatic heterocycles. The maximum atomic E-state index is 11.9. The molecule has 1 saturated carbocycles. The van der Waals surface area contributed by atoms with Crippen molar-refractivity contribution in [2.45, 2.75) is 64.0 Å². The predicted molar refractivity (Wildman–Crippen MR) is 90.5 cm³/mol. The van der Waals surface area contributed by atoms with Gasteiger partial charge in [-0.2, -0.15) is 0 Å². The lowest BCUT2D eigenvalue weighted by molar-refractivity contribution is 0.0636.